The third kappa shape index (κ3) is 3.99. The second kappa shape index (κ2) is 7.61. The number of carbonyl (C=O) groups is 2. The Bertz CT molecular complexity index is 430. The monoisotopic (exact) mass is 304 g/mol. The number of nitrogens with zero attached hydrogens (tertiary/aromatic N) is 1. The van der Waals surface area contributed by atoms with Crippen molar-refractivity contribution in [2.75, 3.05) is 13.1 Å². The van der Waals surface area contributed by atoms with E-state index >= 15 is 0 Å². The van der Waals surface area contributed by atoms with E-state index in [1.54, 1.807) is 4.90 Å². The minimum atomic E-state index is -0.0782. The van der Waals surface area contributed by atoms with Gasteiger partial charge >= 0.3 is 0 Å². The van der Waals surface area contributed by atoms with E-state index in [4.69, 9.17) is 0 Å². The van der Waals surface area contributed by atoms with Gasteiger partial charge in [-0.1, -0.05) is 31.9 Å². The number of hydrogen-bond acceptors (Lipinski definition) is 2. The van der Waals surface area contributed by atoms with E-state index in [1.807, 2.05) is 6.08 Å². The molecule has 1 heterocycles. The normalized spacial score (nSPS) is 21.9. The Balaban J connectivity index is 1.90. The summed E-state index contributed by atoms with van der Waals surface area (Å²) in [5, 5.41) is 3.33. The van der Waals surface area contributed by atoms with Gasteiger partial charge in [-0.3, -0.25) is 9.59 Å². The first kappa shape index (κ1) is 16.8. The van der Waals surface area contributed by atoms with Crippen LogP contribution in [0.2, 0.25) is 0 Å². The Hall–Kier alpha value is -1.58. The molecular weight excluding hydrogens is 276 g/mol. The molecule has 0 aromatic carbocycles. The van der Waals surface area contributed by atoms with E-state index < -0.39 is 0 Å². The fraction of sp³-hybridized carbons (Fsp3) is 0.667. The van der Waals surface area contributed by atoms with Gasteiger partial charge in [0.15, 0.2) is 0 Å². The molecule has 0 aromatic rings. The second-order valence-corrected chi connectivity index (χ2v) is 6.63. The molecular formula is C18H28N2O2. The lowest BCUT2D eigenvalue weighted by atomic mass is 9.78. The van der Waals surface area contributed by atoms with Gasteiger partial charge < -0.3 is 10.2 Å². The Morgan fingerprint density at radius 2 is 1.77 bits per heavy atom. The molecule has 2 fully saturated rings. The largest absolute Gasteiger partial charge is 0.350 e. The fourth-order valence-corrected chi connectivity index (χ4v) is 3.74. The molecule has 0 aromatic heterocycles. The van der Waals surface area contributed by atoms with Crippen LogP contribution < -0.4 is 5.32 Å². The molecule has 2 rings (SSSR count). The van der Waals surface area contributed by atoms with Crippen molar-refractivity contribution in [1.29, 1.82) is 0 Å². The third-order valence-corrected chi connectivity index (χ3v) is 5.09. The van der Waals surface area contributed by atoms with Gasteiger partial charge in [0, 0.05) is 24.5 Å². The van der Waals surface area contributed by atoms with E-state index in [-0.39, 0.29) is 23.3 Å². The molecule has 4 heteroatoms. The lowest BCUT2D eigenvalue weighted by Crippen LogP contribution is -2.52. The van der Waals surface area contributed by atoms with Crippen LogP contribution in [0.5, 0.6) is 0 Å². The van der Waals surface area contributed by atoms with Crippen LogP contribution in [-0.4, -0.2) is 35.3 Å². The van der Waals surface area contributed by atoms with Gasteiger partial charge in [0.1, 0.15) is 0 Å². The summed E-state index contributed by atoms with van der Waals surface area (Å²) in [5.74, 6) is 0.154. The molecule has 1 aliphatic carbocycles. The van der Waals surface area contributed by atoms with Gasteiger partial charge in [-0.25, -0.2) is 0 Å². The van der Waals surface area contributed by atoms with Crippen LogP contribution in [0.3, 0.4) is 0 Å². The zero-order chi connectivity index (χ0) is 16.0. The van der Waals surface area contributed by atoms with Gasteiger partial charge in [-0.05, 0) is 38.2 Å². The van der Waals surface area contributed by atoms with Gasteiger partial charge in [-0.15, -0.1) is 6.58 Å². The molecule has 1 saturated heterocycles. The highest BCUT2D eigenvalue weighted by Crippen LogP contribution is 2.32. The number of rotatable bonds is 5. The maximum atomic E-state index is 12.6. The van der Waals surface area contributed by atoms with Crippen molar-refractivity contribution in [1.82, 2.24) is 10.2 Å². The molecule has 1 N–H and O–H groups in total. The lowest BCUT2D eigenvalue weighted by molar-refractivity contribution is -0.133. The Morgan fingerprint density at radius 3 is 2.32 bits per heavy atom. The van der Waals surface area contributed by atoms with Crippen LogP contribution >= 0.6 is 0 Å². The summed E-state index contributed by atoms with van der Waals surface area (Å²) in [7, 11) is 0. The smallest absolute Gasteiger partial charge is 0.245 e. The highest BCUT2D eigenvalue weighted by Gasteiger charge is 2.35. The standard InChI is InChI=1S/C18H28N2O2/c1-3-10-18(11-6-5-7-12-18)19-17(22)15-8-13-20(14-9-15)16(21)4-2/h3-4,15H,1-2,5-14H2,(H,19,22). The van der Waals surface area contributed by atoms with E-state index in [2.05, 4.69) is 18.5 Å². The molecule has 22 heavy (non-hydrogen) atoms. The van der Waals surface area contributed by atoms with Crippen molar-refractivity contribution in [3.8, 4) is 0 Å². The average molecular weight is 304 g/mol. The molecule has 0 spiro atoms. The van der Waals surface area contributed by atoms with E-state index in [9.17, 15) is 9.59 Å². The van der Waals surface area contributed by atoms with Crippen molar-refractivity contribution < 1.29 is 9.59 Å². The van der Waals surface area contributed by atoms with E-state index in [0.29, 0.717) is 13.1 Å². The molecule has 2 amide bonds. The molecule has 0 atom stereocenters. The molecule has 2 aliphatic rings. The minimum absolute atomic E-state index is 0.0254. The van der Waals surface area contributed by atoms with Crippen molar-refractivity contribution in [2.45, 2.75) is 56.9 Å². The number of piperidine rings is 1. The molecule has 0 radical (unpaired) electrons. The van der Waals surface area contributed by atoms with Gasteiger partial charge in [0.05, 0.1) is 0 Å². The van der Waals surface area contributed by atoms with Crippen molar-refractivity contribution in [3.63, 3.8) is 0 Å². The quantitative estimate of drug-likeness (QED) is 0.627. The summed E-state index contributed by atoms with van der Waals surface area (Å²) in [4.78, 5) is 26.0. The number of hydrogen-bond donors (Lipinski definition) is 1. The highest BCUT2D eigenvalue weighted by atomic mass is 16.2. The summed E-state index contributed by atoms with van der Waals surface area (Å²) < 4.78 is 0. The Kier molecular flexibility index (Phi) is 5.81. The molecule has 122 valence electrons. The predicted octanol–water partition coefficient (Wildman–Crippen LogP) is 2.81. The number of nitrogens with one attached hydrogen (secondary N) is 1. The third-order valence-electron chi connectivity index (χ3n) is 5.09. The average Bonchev–Trinajstić information content (AvgIpc) is 2.55. The summed E-state index contributed by atoms with van der Waals surface area (Å²) in [6.45, 7) is 8.67. The first-order valence-electron chi connectivity index (χ1n) is 8.44. The fourth-order valence-electron chi connectivity index (χ4n) is 3.74. The summed E-state index contributed by atoms with van der Waals surface area (Å²) in [6.07, 6.45) is 11.4. The van der Waals surface area contributed by atoms with E-state index in [0.717, 1.165) is 32.1 Å². The number of carbonyl (C=O) groups excluding carboxylic acids is 2. The molecule has 0 bridgehead atoms. The highest BCUT2D eigenvalue weighted by molar-refractivity contribution is 5.87. The second-order valence-electron chi connectivity index (χ2n) is 6.63. The van der Waals surface area contributed by atoms with Crippen LogP contribution in [0.4, 0.5) is 0 Å². The van der Waals surface area contributed by atoms with Crippen molar-refractivity contribution in [3.05, 3.63) is 25.3 Å². The first-order valence-corrected chi connectivity index (χ1v) is 8.44. The van der Waals surface area contributed by atoms with Crippen molar-refractivity contribution >= 4 is 11.8 Å². The zero-order valence-corrected chi connectivity index (χ0v) is 13.5. The number of amides is 2. The van der Waals surface area contributed by atoms with Gasteiger partial charge in [0.25, 0.3) is 0 Å². The van der Waals surface area contributed by atoms with Crippen LogP contribution in [0.25, 0.3) is 0 Å². The minimum Gasteiger partial charge on any atom is -0.350 e. The van der Waals surface area contributed by atoms with Crippen LogP contribution in [-0.2, 0) is 9.59 Å². The predicted molar refractivity (Wildman–Crippen MR) is 88.3 cm³/mol. The van der Waals surface area contributed by atoms with E-state index in [1.165, 1.54) is 25.3 Å². The molecule has 0 unspecified atom stereocenters. The molecule has 1 saturated carbocycles. The summed E-state index contributed by atoms with van der Waals surface area (Å²) >= 11 is 0. The number of likely N-dealkylation sites (tertiary alicyclic amines) is 1. The molecule has 1 aliphatic heterocycles. The Morgan fingerprint density at radius 1 is 1.14 bits per heavy atom. The van der Waals surface area contributed by atoms with Crippen LogP contribution in [0, 0.1) is 5.92 Å². The van der Waals surface area contributed by atoms with Gasteiger partial charge in [0.2, 0.25) is 11.8 Å². The topological polar surface area (TPSA) is 49.4 Å². The van der Waals surface area contributed by atoms with Gasteiger partial charge in [-0.2, -0.15) is 0 Å². The maximum Gasteiger partial charge on any atom is 0.245 e. The van der Waals surface area contributed by atoms with Crippen LogP contribution in [0.1, 0.15) is 51.4 Å². The molecule has 4 nitrogen and oxygen atoms in total. The van der Waals surface area contributed by atoms with Crippen molar-refractivity contribution in [2.24, 2.45) is 5.92 Å². The zero-order valence-electron chi connectivity index (χ0n) is 13.5. The Labute approximate surface area is 133 Å². The van der Waals surface area contributed by atoms with Crippen LogP contribution in [0.15, 0.2) is 25.3 Å². The maximum absolute atomic E-state index is 12.6. The SMILES string of the molecule is C=CCC1(NC(=O)C2CCN(C(=O)C=C)CC2)CCCCC1. The summed E-state index contributed by atoms with van der Waals surface area (Å²) in [5.41, 5.74) is -0.0782. The summed E-state index contributed by atoms with van der Waals surface area (Å²) in [6, 6.07) is 0. The first-order chi connectivity index (χ1) is 10.6. The lowest BCUT2D eigenvalue weighted by Gasteiger charge is -2.39.